The molecule has 2 heterocycles. The van der Waals surface area contributed by atoms with Gasteiger partial charge in [0.25, 0.3) is 0 Å². The average molecular weight is 383 g/mol. The zero-order valence-corrected chi connectivity index (χ0v) is 17.5. The van der Waals surface area contributed by atoms with Gasteiger partial charge in [0, 0.05) is 11.5 Å². The molecule has 2 atom stereocenters. The normalized spacial score (nSPS) is 21.5. The zero-order chi connectivity index (χ0) is 20.5. The van der Waals surface area contributed by atoms with Crippen molar-refractivity contribution in [2.45, 2.75) is 71.8 Å². The molecule has 1 aliphatic heterocycles. The molecule has 1 N–H and O–H groups in total. The van der Waals surface area contributed by atoms with E-state index >= 15 is 0 Å². The molecular formula is C24H30O4. The summed E-state index contributed by atoms with van der Waals surface area (Å²) in [4.78, 5) is 12.7. The summed E-state index contributed by atoms with van der Waals surface area (Å²) in [6.45, 7) is 10.5. The molecule has 0 spiro atoms. The van der Waals surface area contributed by atoms with Crippen LogP contribution in [0.1, 0.15) is 65.9 Å². The number of hydrogen-bond donors (Lipinski definition) is 1. The first-order valence-electron chi connectivity index (χ1n) is 9.98. The Balaban J connectivity index is 1.85. The predicted molar refractivity (Wildman–Crippen MR) is 113 cm³/mol. The van der Waals surface area contributed by atoms with E-state index in [9.17, 15) is 9.90 Å². The van der Waals surface area contributed by atoms with E-state index in [1.165, 1.54) is 17.2 Å². The number of rotatable bonds is 6. The van der Waals surface area contributed by atoms with Crippen LogP contribution in [0.5, 0.6) is 11.5 Å². The molecule has 0 fully saturated rings. The van der Waals surface area contributed by atoms with Gasteiger partial charge >= 0.3 is 5.63 Å². The first-order chi connectivity index (χ1) is 13.2. The van der Waals surface area contributed by atoms with E-state index in [2.05, 4.69) is 39.8 Å². The van der Waals surface area contributed by atoms with Gasteiger partial charge in [-0.2, -0.15) is 0 Å². The molecule has 0 bridgehead atoms. The predicted octanol–water partition coefficient (Wildman–Crippen LogP) is 6.01. The van der Waals surface area contributed by atoms with Gasteiger partial charge in [-0.3, -0.25) is 0 Å². The smallest absolute Gasteiger partial charge is 0.343 e. The molecule has 0 aliphatic carbocycles. The summed E-state index contributed by atoms with van der Waals surface area (Å²) >= 11 is 0. The van der Waals surface area contributed by atoms with Gasteiger partial charge in [-0.15, -0.1) is 0 Å². The summed E-state index contributed by atoms with van der Waals surface area (Å²) in [6, 6.07) is 4.79. The molecule has 1 aromatic heterocycles. The van der Waals surface area contributed by atoms with Crippen molar-refractivity contribution >= 4 is 11.0 Å². The number of fused-ring (bicyclic) bond motifs is 3. The van der Waals surface area contributed by atoms with Crippen molar-refractivity contribution in [3.63, 3.8) is 0 Å². The van der Waals surface area contributed by atoms with Gasteiger partial charge in [-0.05, 0) is 65.5 Å². The maximum absolute atomic E-state index is 12.7. The highest BCUT2D eigenvalue weighted by atomic mass is 16.5. The van der Waals surface area contributed by atoms with Crippen molar-refractivity contribution < 1.29 is 14.3 Å². The molecule has 4 heteroatoms. The van der Waals surface area contributed by atoms with Gasteiger partial charge in [0.1, 0.15) is 23.2 Å². The first kappa shape index (κ1) is 20.2. The van der Waals surface area contributed by atoms with Crippen molar-refractivity contribution in [1.29, 1.82) is 0 Å². The van der Waals surface area contributed by atoms with Crippen molar-refractivity contribution in [2.24, 2.45) is 0 Å². The van der Waals surface area contributed by atoms with Crippen molar-refractivity contribution in [2.75, 3.05) is 0 Å². The van der Waals surface area contributed by atoms with Gasteiger partial charge in [-0.25, -0.2) is 4.79 Å². The van der Waals surface area contributed by atoms with E-state index in [0.29, 0.717) is 16.9 Å². The van der Waals surface area contributed by atoms with Crippen LogP contribution in [0.25, 0.3) is 11.0 Å². The lowest BCUT2D eigenvalue weighted by Crippen LogP contribution is -2.35. The molecule has 0 saturated carbocycles. The second kappa shape index (κ2) is 7.86. The number of phenolic OH excluding ortho intramolecular Hbond substituents is 1. The summed E-state index contributed by atoms with van der Waals surface area (Å²) < 4.78 is 11.6. The van der Waals surface area contributed by atoms with Gasteiger partial charge in [0.05, 0.1) is 10.9 Å². The highest BCUT2D eigenvalue weighted by Gasteiger charge is 2.46. The molecule has 2 aromatic rings. The Labute approximate surface area is 166 Å². The molecule has 28 heavy (non-hydrogen) atoms. The van der Waals surface area contributed by atoms with E-state index in [-0.39, 0.29) is 17.5 Å². The number of benzene rings is 1. The van der Waals surface area contributed by atoms with Gasteiger partial charge in [-0.1, -0.05) is 30.2 Å². The molecule has 0 amide bonds. The third-order valence-corrected chi connectivity index (χ3v) is 5.85. The van der Waals surface area contributed by atoms with Crippen LogP contribution in [0.3, 0.4) is 0 Å². The summed E-state index contributed by atoms with van der Waals surface area (Å²) in [5.74, 6) is 0.670. The fourth-order valence-corrected chi connectivity index (χ4v) is 3.92. The minimum atomic E-state index is -0.404. The Kier molecular flexibility index (Phi) is 5.69. The average Bonchev–Trinajstić information content (AvgIpc) is 2.86. The Bertz CT molecular complexity index is 992. The Morgan fingerprint density at radius 2 is 1.96 bits per heavy atom. The lowest BCUT2D eigenvalue weighted by atomic mass is 9.76. The quantitative estimate of drug-likeness (QED) is 0.491. The first-order valence-corrected chi connectivity index (χ1v) is 9.98. The Morgan fingerprint density at radius 1 is 1.21 bits per heavy atom. The topological polar surface area (TPSA) is 59.7 Å². The van der Waals surface area contributed by atoms with E-state index in [4.69, 9.17) is 9.15 Å². The van der Waals surface area contributed by atoms with Crippen LogP contribution in [0.4, 0.5) is 0 Å². The van der Waals surface area contributed by atoms with Gasteiger partial charge in [0.2, 0.25) is 0 Å². The van der Waals surface area contributed by atoms with Crippen molar-refractivity contribution in [3.05, 3.63) is 57.5 Å². The Hall–Kier alpha value is -2.49. The maximum atomic E-state index is 12.7. The highest BCUT2D eigenvalue weighted by molar-refractivity contribution is 5.86. The minimum Gasteiger partial charge on any atom is -0.508 e. The number of phenols is 1. The minimum absolute atomic E-state index is 0.0677. The molecule has 0 unspecified atom stereocenters. The number of allylic oxidation sites excluding steroid dienone is 4. The van der Waals surface area contributed by atoms with Gasteiger partial charge < -0.3 is 14.3 Å². The second-order valence-corrected chi connectivity index (χ2v) is 8.36. The van der Waals surface area contributed by atoms with Crippen LogP contribution in [0, 0.1) is 0 Å². The zero-order valence-electron chi connectivity index (χ0n) is 17.5. The van der Waals surface area contributed by atoms with Crippen LogP contribution in [0.2, 0.25) is 0 Å². The molecule has 0 radical (unpaired) electrons. The van der Waals surface area contributed by atoms with E-state index in [1.54, 1.807) is 12.1 Å². The number of aromatic hydroxyl groups is 1. The lowest BCUT2D eigenvalue weighted by molar-refractivity contribution is 0.169. The third-order valence-electron chi connectivity index (χ3n) is 5.85. The molecule has 150 valence electrons. The number of hydrogen-bond acceptors (Lipinski definition) is 4. The SMILES string of the molecule is CC(C)=CCCC(C)=CCC[C@@]1(C)c2c(c3ccc(O)cc3oc2=O)O[C@H]1C. The fraction of sp³-hybridized carbons (Fsp3) is 0.458. The maximum Gasteiger partial charge on any atom is 0.343 e. The van der Waals surface area contributed by atoms with E-state index in [0.717, 1.165) is 31.1 Å². The summed E-state index contributed by atoms with van der Waals surface area (Å²) in [5.41, 5.74) is 2.92. The fourth-order valence-electron chi connectivity index (χ4n) is 3.92. The van der Waals surface area contributed by atoms with Crippen LogP contribution in [-0.4, -0.2) is 11.2 Å². The second-order valence-electron chi connectivity index (χ2n) is 8.36. The molecule has 4 nitrogen and oxygen atoms in total. The van der Waals surface area contributed by atoms with E-state index < -0.39 is 5.41 Å². The Morgan fingerprint density at radius 3 is 2.68 bits per heavy atom. The highest BCUT2D eigenvalue weighted by Crippen LogP contribution is 2.47. The number of ether oxygens (including phenoxy) is 1. The summed E-state index contributed by atoms with van der Waals surface area (Å²) in [7, 11) is 0. The lowest BCUT2D eigenvalue weighted by Gasteiger charge is -2.26. The third kappa shape index (κ3) is 3.87. The standard InChI is InChI=1S/C24H30O4/c1-15(2)8-6-9-16(3)10-7-13-24(5)17(4)27-22-19-12-11-18(25)14-20(19)28-23(26)21(22)24/h8,10-12,14,17,25H,6-7,9,13H2,1-5H3/t17-,24+/m0/s1. The van der Waals surface area contributed by atoms with Gasteiger partial charge in [0.15, 0.2) is 0 Å². The van der Waals surface area contributed by atoms with Crippen molar-refractivity contribution in [1.82, 2.24) is 0 Å². The molecular weight excluding hydrogens is 352 g/mol. The molecule has 0 saturated heterocycles. The van der Waals surface area contributed by atoms with Crippen LogP contribution in [0.15, 0.2) is 50.7 Å². The van der Waals surface area contributed by atoms with E-state index in [1.807, 2.05) is 6.92 Å². The molecule has 3 rings (SSSR count). The van der Waals surface area contributed by atoms with Crippen LogP contribution >= 0.6 is 0 Å². The monoisotopic (exact) mass is 382 g/mol. The van der Waals surface area contributed by atoms with Crippen LogP contribution < -0.4 is 10.4 Å². The molecule has 1 aromatic carbocycles. The molecule has 1 aliphatic rings. The van der Waals surface area contributed by atoms with Crippen molar-refractivity contribution in [3.8, 4) is 11.5 Å². The summed E-state index contributed by atoms with van der Waals surface area (Å²) in [5, 5.41) is 10.4. The van der Waals surface area contributed by atoms with Crippen LogP contribution in [-0.2, 0) is 5.41 Å². The largest absolute Gasteiger partial charge is 0.508 e. The summed E-state index contributed by atoms with van der Waals surface area (Å²) in [6.07, 6.45) is 8.23.